The van der Waals surface area contributed by atoms with Crippen LogP contribution in [0.15, 0.2) is 71.8 Å². The van der Waals surface area contributed by atoms with Crippen LogP contribution in [0, 0.1) is 17.9 Å². The summed E-state index contributed by atoms with van der Waals surface area (Å²) in [6.45, 7) is 19.6. The van der Waals surface area contributed by atoms with Gasteiger partial charge in [0.25, 0.3) is 0 Å². The number of anilines is 1. The summed E-state index contributed by atoms with van der Waals surface area (Å²) >= 11 is 0. The second kappa shape index (κ2) is 11.7. The molecule has 2 aliphatic rings. The van der Waals surface area contributed by atoms with Gasteiger partial charge >= 0.3 is 0 Å². The van der Waals surface area contributed by atoms with Crippen LogP contribution < -0.4 is 4.90 Å². The highest BCUT2D eigenvalue weighted by molar-refractivity contribution is 5.82. The van der Waals surface area contributed by atoms with Crippen molar-refractivity contribution in [3.63, 3.8) is 0 Å². The van der Waals surface area contributed by atoms with E-state index in [2.05, 4.69) is 78.8 Å². The van der Waals surface area contributed by atoms with Crippen molar-refractivity contribution < 1.29 is 0 Å². The van der Waals surface area contributed by atoms with E-state index in [4.69, 9.17) is 11.6 Å². The number of nitrogens with zero attached hydrogens (tertiary/aromatic N) is 3. The highest BCUT2D eigenvalue weighted by Gasteiger charge is 2.38. The topological polar surface area (TPSA) is 36.3 Å². The van der Waals surface area contributed by atoms with Crippen LogP contribution in [-0.4, -0.2) is 23.1 Å². The molecule has 0 radical (unpaired) electrons. The van der Waals surface area contributed by atoms with Gasteiger partial charge in [-0.2, -0.15) is 0 Å². The van der Waals surface area contributed by atoms with Gasteiger partial charge < -0.3 is 9.88 Å². The Morgan fingerprint density at radius 2 is 1.74 bits per heavy atom. The van der Waals surface area contributed by atoms with E-state index in [1.165, 1.54) is 48.1 Å². The maximum atomic E-state index is 8.04. The number of aromatic amines is 1. The molecule has 202 valence electrons. The molecule has 39 heavy (non-hydrogen) atoms. The lowest BCUT2D eigenvalue weighted by atomic mass is 9.62. The summed E-state index contributed by atoms with van der Waals surface area (Å²) < 4.78 is 0. The van der Waals surface area contributed by atoms with E-state index in [1.807, 2.05) is 24.3 Å². The largest absolute Gasteiger partial charge is 0.372 e. The fourth-order valence-corrected chi connectivity index (χ4v) is 6.37. The minimum Gasteiger partial charge on any atom is -0.372 e. The standard InChI is InChI=1S/C35H42N4/c1-6-8-20-39(21-9-7-2)29-17-14-25(15-18-29)26-16-19-30-27(22-26)23-28(24-35(30,3)4)33(36-5)34-37-31-12-10-11-13-32(31)38-34/h10-15,17-18,22-23,30H,6-9,16,19-21,24H2,1-4H3,(H,37,38). The predicted molar refractivity (Wildman–Crippen MR) is 165 cm³/mol. The maximum Gasteiger partial charge on any atom is 0.231 e. The summed E-state index contributed by atoms with van der Waals surface area (Å²) in [6, 6.07) is 17.3. The highest BCUT2D eigenvalue weighted by Crippen LogP contribution is 2.51. The summed E-state index contributed by atoms with van der Waals surface area (Å²) in [5.41, 5.74) is 9.13. The van der Waals surface area contributed by atoms with Crippen LogP contribution in [-0.2, 0) is 0 Å². The molecule has 3 aromatic rings. The van der Waals surface area contributed by atoms with Gasteiger partial charge in [0.15, 0.2) is 0 Å². The Bertz CT molecular complexity index is 1400. The molecular formula is C35H42N4. The summed E-state index contributed by atoms with van der Waals surface area (Å²) in [5.74, 6) is 1.18. The van der Waals surface area contributed by atoms with Crippen molar-refractivity contribution in [2.75, 3.05) is 18.0 Å². The third kappa shape index (κ3) is 5.74. The van der Waals surface area contributed by atoms with Gasteiger partial charge in [-0.15, -0.1) is 0 Å². The fourth-order valence-electron chi connectivity index (χ4n) is 6.37. The highest BCUT2D eigenvalue weighted by atomic mass is 15.1. The van der Waals surface area contributed by atoms with Crippen LogP contribution in [0.4, 0.5) is 5.69 Å². The maximum absolute atomic E-state index is 8.04. The first-order valence-electron chi connectivity index (χ1n) is 14.8. The van der Waals surface area contributed by atoms with Gasteiger partial charge in [-0.05, 0) is 90.0 Å². The third-order valence-electron chi connectivity index (χ3n) is 8.57. The second-order valence-corrected chi connectivity index (χ2v) is 11.9. The van der Waals surface area contributed by atoms with Crippen LogP contribution in [0.1, 0.15) is 84.0 Å². The lowest BCUT2D eigenvalue weighted by molar-refractivity contribution is 0.228. The SMILES string of the molecule is [C-]#[N+]C(=C1C=C2C=C(c3ccc(N(CCCC)CCCC)cc3)CCC2C(C)(C)C1)c1nc2ccccc2[nH]1. The number of hydrogen-bond acceptors (Lipinski definition) is 2. The number of aromatic nitrogens is 2. The molecule has 0 amide bonds. The molecule has 0 spiro atoms. The zero-order valence-corrected chi connectivity index (χ0v) is 24.1. The summed E-state index contributed by atoms with van der Waals surface area (Å²) in [7, 11) is 0. The third-order valence-corrected chi connectivity index (χ3v) is 8.57. The number of para-hydroxylation sites is 2. The number of rotatable bonds is 9. The number of imidazole rings is 1. The summed E-state index contributed by atoms with van der Waals surface area (Å²) in [5, 5.41) is 0. The predicted octanol–water partition coefficient (Wildman–Crippen LogP) is 9.45. The van der Waals surface area contributed by atoms with Gasteiger partial charge in [-0.3, -0.25) is 0 Å². The van der Waals surface area contributed by atoms with Gasteiger partial charge in [0.2, 0.25) is 5.70 Å². The van der Waals surface area contributed by atoms with Crippen molar-refractivity contribution in [1.82, 2.24) is 9.97 Å². The Balaban J connectivity index is 1.47. The lowest BCUT2D eigenvalue weighted by Gasteiger charge is -2.42. The molecule has 1 atom stereocenters. The average molecular weight is 519 g/mol. The van der Waals surface area contributed by atoms with E-state index >= 15 is 0 Å². The molecule has 1 aromatic heterocycles. The zero-order valence-electron chi connectivity index (χ0n) is 24.1. The number of benzene rings is 2. The molecule has 5 rings (SSSR count). The Kier molecular flexibility index (Phi) is 8.07. The van der Waals surface area contributed by atoms with Crippen molar-refractivity contribution in [3.8, 4) is 0 Å². The van der Waals surface area contributed by atoms with E-state index in [9.17, 15) is 0 Å². The second-order valence-electron chi connectivity index (χ2n) is 11.9. The average Bonchev–Trinajstić information content (AvgIpc) is 3.37. The molecule has 0 bridgehead atoms. The molecular weight excluding hydrogens is 476 g/mol. The van der Waals surface area contributed by atoms with Gasteiger partial charge in [0.05, 0.1) is 17.6 Å². The molecule has 0 aliphatic heterocycles. The van der Waals surface area contributed by atoms with Gasteiger partial charge in [0, 0.05) is 18.8 Å². The van der Waals surface area contributed by atoms with Crippen molar-refractivity contribution in [1.29, 1.82) is 0 Å². The Labute approximate surface area is 234 Å². The molecule has 2 aliphatic carbocycles. The number of unbranched alkanes of at least 4 members (excludes halogenated alkanes) is 2. The molecule has 1 N–H and O–H groups in total. The Hall–Kier alpha value is -3.58. The molecule has 0 saturated carbocycles. The van der Waals surface area contributed by atoms with Crippen molar-refractivity contribution in [3.05, 3.63) is 94.6 Å². The smallest absolute Gasteiger partial charge is 0.231 e. The van der Waals surface area contributed by atoms with Crippen LogP contribution in [0.3, 0.4) is 0 Å². The van der Waals surface area contributed by atoms with E-state index < -0.39 is 0 Å². The number of H-pyrrole nitrogens is 1. The molecule has 2 aromatic carbocycles. The monoisotopic (exact) mass is 518 g/mol. The normalized spacial score (nSPS) is 19.6. The van der Waals surface area contributed by atoms with Crippen LogP contribution >= 0.6 is 0 Å². The van der Waals surface area contributed by atoms with E-state index in [-0.39, 0.29) is 5.41 Å². The first-order chi connectivity index (χ1) is 18.9. The minimum atomic E-state index is 0.0896. The minimum absolute atomic E-state index is 0.0896. The Morgan fingerprint density at radius 3 is 2.41 bits per heavy atom. The van der Waals surface area contributed by atoms with E-state index in [0.29, 0.717) is 17.4 Å². The van der Waals surface area contributed by atoms with Crippen LogP contribution in [0.2, 0.25) is 0 Å². The molecule has 1 unspecified atom stereocenters. The van der Waals surface area contributed by atoms with Crippen molar-refractivity contribution in [2.45, 2.75) is 72.6 Å². The zero-order chi connectivity index (χ0) is 27.4. The molecule has 4 nitrogen and oxygen atoms in total. The van der Waals surface area contributed by atoms with Crippen molar-refractivity contribution in [2.24, 2.45) is 11.3 Å². The summed E-state index contributed by atoms with van der Waals surface area (Å²) in [4.78, 5) is 14.7. The van der Waals surface area contributed by atoms with E-state index in [1.54, 1.807) is 0 Å². The fraction of sp³-hybridized carbons (Fsp3) is 0.429. The number of fused-ring (bicyclic) bond motifs is 2. The van der Waals surface area contributed by atoms with E-state index in [0.717, 1.165) is 49.0 Å². The molecule has 0 saturated heterocycles. The van der Waals surface area contributed by atoms with Crippen molar-refractivity contribution >= 4 is 28.0 Å². The Morgan fingerprint density at radius 1 is 1.03 bits per heavy atom. The number of allylic oxidation sites excluding steroid dienone is 5. The quantitative estimate of drug-likeness (QED) is 0.286. The van der Waals surface area contributed by atoms with Gasteiger partial charge in [-0.1, -0.05) is 77.0 Å². The summed E-state index contributed by atoms with van der Waals surface area (Å²) in [6.07, 6.45) is 12.8. The molecule has 4 heteroatoms. The number of hydrogen-bond donors (Lipinski definition) is 1. The first-order valence-corrected chi connectivity index (χ1v) is 14.8. The van der Waals surface area contributed by atoms with Gasteiger partial charge in [0.1, 0.15) is 5.82 Å². The number of nitrogens with one attached hydrogen (secondary N) is 1. The molecule has 0 fully saturated rings. The van der Waals surface area contributed by atoms with Crippen LogP contribution in [0.25, 0.3) is 27.1 Å². The lowest BCUT2D eigenvalue weighted by Crippen LogP contribution is -2.31. The van der Waals surface area contributed by atoms with Crippen LogP contribution in [0.5, 0.6) is 0 Å². The van der Waals surface area contributed by atoms with Gasteiger partial charge in [-0.25, -0.2) is 9.83 Å². The first kappa shape index (κ1) is 27.0. The molecule has 1 heterocycles.